The van der Waals surface area contributed by atoms with Gasteiger partial charge < -0.3 is 14.7 Å². The van der Waals surface area contributed by atoms with E-state index in [0.717, 1.165) is 30.0 Å². The van der Waals surface area contributed by atoms with Crippen LogP contribution in [0.2, 0.25) is 0 Å². The number of benzene rings is 4. The summed E-state index contributed by atoms with van der Waals surface area (Å²) in [5, 5.41) is 14.4. The van der Waals surface area contributed by atoms with Gasteiger partial charge in [0.1, 0.15) is 11.5 Å². The molecule has 0 radical (unpaired) electrons. The number of nitrogens with zero attached hydrogens (tertiary/aromatic N) is 3. The van der Waals surface area contributed by atoms with Gasteiger partial charge in [0.25, 0.3) is 5.91 Å². The molecule has 1 N–H and O–H groups in total. The molecule has 44 heavy (non-hydrogen) atoms. The molecule has 4 aromatic rings. The van der Waals surface area contributed by atoms with E-state index in [2.05, 4.69) is 10.4 Å². The number of ether oxygens (including phenoxy) is 1. The second kappa shape index (κ2) is 13.0. The van der Waals surface area contributed by atoms with E-state index < -0.39 is 52.0 Å². The summed E-state index contributed by atoms with van der Waals surface area (Å²) in [7, 11) is 0. The second-order valence-corrected chi connectivity index (χ2v) is 10.1. The first kappa shape index (κ1) is 29.6. The van der Waals surface area contributed by atoms with Crippen molar-refractivity contribution in [3.63, 3.8) is 0 Å². The van der Waals surface area contributed by atoms with Crippen LogP contribution in [0, 0.1) is 9.81 Å². The van der Waals surface area contributed by atoms with Crippen LogP contribution in [0.15, 0.2) is 101 Å². The average molecular weight is 592 g/mol. The van der Waals surface area contributed by atoms with E-state index in [1.165, 1.54) is 4.90 Å². The lowest BCUT2D eigenvalue weighted by atomic mass is 9.86. The zero-order valence-corrected chi connectivity index (χ0v) is 23.2. The third kappa shape index (κ3) is 6.16. The van der Waals surface area contributed by atoms with Gasteiger partial charge >= 0.3 is 17.8 Å². The number of para-hydroxylation sites is 1. The maximum atomic E-state index is 14.5. The van der Waals surface area contributed by atoms with Gasteiger partial charge in [-0.05, 0) is 72.4 Å². The van der Waals surface area contributed by atoms with Crippen LogP contribution in [0.5, 0.6) is 11.5 Å². The Morgan fingerprint density at radius 1 is 0.750 bits per heavy atom. The van der Waals surface area contributed by atoms with Crippen molar-refractivity contribution in [1.29, 1.82) is 0 Å². The summed E-state index contributed by atoms with van der Waals surface area (Å²) < 4.78 is 5.97. The molecule has 3 amide bonds. The lowest BCUT2D eigenvalue weighted by Gasteiger charge is -2.36. The Hall–Kier alpha value is -5.84. The molecule has 1 atom stereocenters. The Bertz CT molecular complexity index is 1790. The Morgan fingerprint density at radius 2 is 1.39 bits per heavy atom. The van der Waals surface area contributed by atoms with Gasteiger partial charge in [0.05, 0.1) is 28.3 Å². The fourth-order valence-electron chi connectivity index (χ4n) is 5.46. The molecule has 0 heterocycles. The van der Waals surface area contributed by atoms with Gasteiger partial charge in [0.15, 0.2) is 0 Å². The fourth-order valence-corrected chi connectivity index (χ4v) is 5.46. The Morgan fingerprint density at radius 3 is 2.09 bits per heavy atom. The van der Waals surface area contributed by atoms with Crippen molar-refractivity contribution in [2.24, 2.45) is 10.4 Å². The number of amides is 3. The molecule has 0 fully saturated rings. The molecule has 0 unspecified atom stereocenters. The Labute approximate surface area is 251 Å². The number of carboxylic acid groups (broad SMARTS) is 1. The molecule has 11 heteroatoms. The van der Waals surface area contributed by atoms with Crippen molar-refractivity contribution in [3.05, 3.63) is 140 Å². The van der Waals surface area contributed by atoms with E-state index in [1.54, 1.807) is 36.4 Å². The van der Waals surface area contributed by atoms with E-state index >= 15 is 0 Å². The summed E-state index contributed by atoms with van der Waals surface area (Å²) in [4.78, 5) is 75.2. The van der Waals surface area contributed by atoms with Crippen LogP contribution in [0.4, 0.5) is 0 Å². The number of carboxylic acids is 1. The van der Waals surface area contributed by atoms with Crippen molar-refractivity contribution in [3.8, 4) is 11.5 Å². The standard InChI is InChI=1S/C33H25N3O8/c37-30(34-42)25-18-28(33(40)41)26(31(38)35-43)17-27(25)32(39)36(29-15-7-10-21-9-4-5-14-24(21)29)19-20-8-6-13-23(16-20)44-22-11-2-1-3-12-22/h1-6,8-9,11-14,16-18,29H,7,10,15,19H2,(H,40,41)/t29-/m0/s1. The number of carbonyl (C=O) groups excluding carboxylic acids is 3. The highest BCUT2D eigenvalue weighted by Crippen LogP contribution is 2.37. The average Bonchev–Trinajstić information content (AvgIpc) is 3.06. The van der Waals surface area contributed by atoms with Gasteiger partial charge in [-0.1, -0.05) is 54.6 Å². The van der Waals surface area contributed by atoms with Crippen LogP contribution < -0.4 is 4.74 Å². The van der Waals surface area contributed by atoms with E-state index in [0.29, 0.717) is 29.5 Å². The molecule has 11 nitrogen and oxygen atoms in total. The van der Waals surface area contributed by atoms with Gasteiger partial charge in [-0.25, -0.2) is 4.79 Å². The van der Waals surface area contributed by atoms with Gasteiger partial charge in [-0.15, -0.1) is 9.81 Å². The molecular formula is C33H25N3O8. The molecule has 1 aliphatic rings. The summed E-state index contributed by atoms with van der Waals surface area (Å²) in [6.07, 6.45) is 2.11. The van der Waals surface area contributed by atoms with Gasteiger partial charge in [0.2, 0.25) is 0 Å². The van der Waals surface area contributed by atoms with Crippen LogP contribution >= 0.6 is 0 Å². The predicted octanol–water partition coefficient (Wildman–Crippen LogP) is 6.71. The Kier molecular flexibility index (Phi) is 8.75. The first-order valence-corrected chi connectivity index (χ1v) is 13.7. The van der Waals surface area contributed by atoms with E-state index in [4.69, 9.17) is 4.74 Å². The molecule has 0 bridgehead atoms. The van der Waals surface area contributed by atoms with Gasteiger partial charge in [-0.2, -0.15) is 0 Å². The molecule has 220 valence electrons. The topological polar surface area (TPSA) is 160 Å². The number of fused-ring (bicyclic) bond motifs is 1. The molecule has 0 saturated carbocycles. The smallest absolute Gasteiger partial charge is 0.336 e. The molecule has 0 saturated heterocycles. The highest BCUT2D eigenvalue weighted by molar-refractivity contribution is 6.13. The third-order valence-corrected chi connectivity index (χ3v) is 7.45. The number of carbonyl (C=O) groups is 4. The molecule has 0 aromatic heterocycles. The normalized spacial score (nSPS) is 13.7. The minimum Gasteiger partial charge on any atom is -0.478 e. The highest BCUT2D eigenvalue weighted by atomic mass is 16.5. The third-order valence-electron chi connectivity index (χ3n) is 7.45. The molecule has 5 rings (SSSR count). The fraction of sp³-hybridized carbons (Fsp3) is 0.152. The summed E-state index contributed by atoms with van der Waals surface area (Å²) >= 11 is 0. The summed E-state index contributed by atoms with van der Waals surface area (Å²) in [6, 6.07) is 24.9. The number of rotatable bonds is 9. The number of aryl methyl sites for hydroxylation is 1. The van der Waals surface area contributed by atoms with Crippen LogP contribution in [0.1, 0.15) is 77.0 Å². The largest absolute Gasteiger partial charge is 0.478 e. The zero-order valence-electron chi connectivity index (χ0n) is 23.2. The van der Waals surface area contributed by atoms with Crippen molar-refractivity contribution >= 4 is 23.7 Å². The maximum Gasteiger partial charge on any atom is 0.336 e. The first-order chi connectivity index (χ1) is 21.3. The van der Waals surface area contributed by atoms with Crippen molar-refractivity contribution in [2.45, 2.75) is 31.8 Å². The second-order valence-electron chi connectivity index (χ2n) is 10.1. The van der Waals surface area contributed by atoms with E-state index in [-0.39, 0.29) is 6.54 Å². The van der Waals surface area contributed by atoms with Crippen LogP contribution in [-0.4, -0.2) is 33.7 Å². The van der Waals surface area contributed by atoms with Gasteiger partial charge in [-0.3, -0.25) is 14.4 Å². The van der Waals surface area contributed by atoms with E-state index in [9.17, 15) is 34.1 Å². The molecule has 1 aliphatic carbocycles. The van der Waals surface area contributed by atoms with Crippen LogP contribution in [0.3, 0.4) is 0 Å². The zero-order chi connectivity index (χ0) is 31.2. The van der Waals surface area contributed by atoms with Crippen LogP contribution in [0.25, 0.3) is 0 Å². The molecular weight excluding hydrogens is 566 g/mol. The number of nitroso groups, excluding NO2 is 2. The van der Waals surface area contributed by atoms with Crippen molar-refractivity contribution in [2.75, 3.05) is 0 Å². The minimum absolute atomic E-state index is 0.0157. The van der Waals surface area contributed by atoms with Crippen molar-refractivity contribution in [1.82, 2.24) is 4.90 Å². The Balaban J connectivity index is 1.63. The quantitative estimate of drug-likeness (QED) is 0.210. The van der Waals surface area contributed by atoms with Gasteiger partial charge in [0, 0.05) is 16.9 Å². The summed E-state index contributed by atoms with van der Waals surface area (Å²) in [6.45, 7) is 0.0157. The molecule has 4 aromatic carbocycles. The number of hydrogen-bond acceptors (Lipinski definition) is 7. The maximum absolute atomic E-state index is 14.5. The first-order valence-electron chi connectivity index (χ1n) is 13.7. The van der Waals surface area contributed by atoms with Crippen molar-refractivity contribution < 1.29 is 29.0 Å². The number of hydrogen-bond donors (Lipinski definition) is 1. The molecule has 0 aliphatic heterocycles. The number of aromatic carboxylic acids is 1. The lowest BCUT2D eigenvalue weighted by Crippen LogP contribution is -2.37. The monoisotopic (exact) mass is 591 g/mol. The minimum atomic E-state index is -1.66. The predicted molar refractivity (Wildman–Crippen MR) is 159 cm³/mol. The SMILES string of the molecule is O=NC(=O)c1cc(C(=O)N(Cc2cccc(Oc3ccccc3)c2)[C@H]2CCCc3ccccc32)c(C(=O)N=O)cc1C(=O)O. The van der Waals surface area contributed by atoms with Crippen LogP contribution in [-0.2, 0) is 13.0 Å². The molecule has 0 spiro atoms. The highest BCUT2D eigenvalue weighted by Gasteiger charge is 2.34. The summed E-state index contributed by atoms with van der Waals surface area (Å²) in [5.41, 5.74) is 0.0729. The lowest BCUT2D eigenvalue weighted by molar-refractivity contribution is 0.0631. The summed E-state index contributed by atoms with van der Waals surface area (Å²) in [5.74, 6) is -4.16. The van der Waals surface area contributed by atoms with E-state index in [1.807, 2.05) is 42.5 Å².